The van der Waals surface area contributed by atoms with Crippen molar-refractivity contribution in [3.63, 3.8) is 0 Å². The van der Waals surface area contributed by atoms with Crippen LogP contribution in [0.5, 0.6) is 5.75 Å². The van der Waals surface area contributed by atoms with Crippen molar-refractivity contribution in [2.24, 2.45) is 0 Å². The molecule has 3 N–H and O–H groups in total. The molecule has 0 spiro atoms. The number of aromatic hydroxyl groups is 1. The van der Waals surface area contributed by atoms with E-state index in [-0.39, 0.29) is 11.9 Å². The second kappa shape index (κ2) is 8.79. The van der Waals surface area contributed by atoms with Crippen LogP contribution in [-0.2, 0) is 0 Å². The first-order valence-corrected chi connectivity index (χ1v) is 7.94. The Morgan fingerprint density at radius 2 is 1.82 bits per heavy atom. The second-order valence-electron chi connectivity index (χ2n) is 6.01. The van der Waals surface area contributed by atoms with E-state index in [1.807, 2.05) is 32.1 Å². The number of phenolic OH excluding ortho intramolecular Hbond substituents is 1. The molecule has 2 atom stereocenters. The van der Waals surface area contributed by atoms with Gasteiger partial charge in [0, 0.05) is 12.8 Å². The SMILES string of the molecule is CCCC(=C=CC[C@@H](O)c1cc(C)c(O)c(C)c1)C[C@H](C)O. The minimum absolute atomic E-state index is 0.286. The summed E-state index contributed by atoms with van der Waals surface area (Å²) in [5, 5.41) is 29.5. The molecule has 3 heteroatoms. The molecule has 0 saturated heterocycles. The average molecular weight is 304 g/mol. The number of hydrogen-bond donors (Lipinski definition) is 3. The molecule has 0 unspecified atom stereocenters. The molecule has 0 saturated carbocycles. The van der Waals surface area contributed by atoms with Gasteiger partial charge in [-0.3, -0.25) is 0 Å². The molecule has 0 radical (unpaired) electrons. The van der Waals surface area contributed by atoms with E-state index < -0.39 is 6.10 Å². The van der Waals surface area contributed by atoms with E-state index in [1.165, 1.54) is 0 Å². The number of phenols is 1. The molecule has 0 heterocycles. The standard InChI is InChI=1S/C19H28O3/c1-5-7-16(12-15(4)20)8-6-9-18(21)17-10-13(2)19(22)14(3)11-17/h6,10-11,15,18,20-22H,5,7,9,12H2,1-4H3/t8?,15-,18+/m0/s1. The van der Waals surface area contributed by atoms with E-state index >= 15 is 0 Å². The van der Waals surface area contributed by atoms with E-state index in [0.29, 0.717) is 12.8 Å². The van der Waals surface area contributed by atoms with Crippen molar-refractivity contribution < 1.29 is 15.3 Å². The van der Waals surface area contributed by atoms with Gasteiger partial charge in [0.1, 0.15) is 5.75 Å². The zero-order valence-corrected chi connectivity index (χ0v) is 14.1. The van der Waals surface area contributed by atoms with Gasteiger partial charge in [0.25, 0.3) is 0 Å². The molecule has 0 aliphatic rings. The fraction of sp³-hybridized carbons (Fsp3) is 0.526. The van der Waals surface area contributed by atoms with Gasteiger partial charge in [0.15, 0.2) is 0 Å². The lowest BCUT2D eigenvalue weighted by atomic mass is 9.99. The quantitative estimate of drug-likeness (QED) is 0.665. The van der Waals surface area contributed by atoms with Crippen LogP contribution in [0.3, 0.4) is 0 Å². The van der Waals surface area contributed by atoms with E-state index in [1.54, 1.807) is 6.92 Å². The molecule has 122 valence electrons. The van der Waals surface area contributed by atoms with Crippen LogP contribution in [0.25, 0.3) is 0 Å². The van der Waals surface area contributed by atoms with Gasteiger partial charge >= 0.3 is 0 Å². The summed E-state index contributed by atoms with van der Waals surface area (Å²) in [6.45, 7) is 7.53. The summed E-state index contributed by atoms with van der Waals surface area (Å²) in [5.41, 5.74) is 6.65. The van der Waals surface area contributed by atoms with E-state index in [0.717, 1.165) is 35.1 Å². The molecule has 0 fully saturated rings. The maximum atomic E-state index is 10.3. The number of aliphatic hydroxyl groups excluding tert-OH is 2. The lowest BCUT2D eigenvalue weighted by Crippen LogP contribution is -2.01. The highest BCUT2D eigenvalue weighted by Crippen LogP contribution is 2.27. The molecule has 3 nitrogen and oxygen atoms in total. The molecule has 0 bridgehead atoms. The summed E-state index contributed by atoms with van der Waals surface area (Å²) >= 11 is 0. The lowest BCUT2D eigenvalue weighted by molar-refractivity contribution is 0.181. The predicted molar refractivity (Wildman–Crippen MR) is 90.0 cm³/mol. The smallest absolute Gasteiger partial charge is 0.121 e. The molecule has 0 aliphatic carbocycles. The number of aryl methyl sites for hydroxylation is 2. The molecule has 1 aromatic rings. The van der Waals surface area contributed by atoms with Gasteiger partial charge in [-0.05, 0) is 67.7 Å². The first-order chi connectivity index (χ1) is 10.3. The Morgan fingerprint density at radius 1 is 1.23 bits per heavy atom. The normalized spacial score (nSPS) is 13.4. The molecule has 22 heavy (non-hydrogen) atoms. The zero-order valence-electron chi connectivity index (χ0n) is 14.1. The zero-order chi connectivity index (χ0) is 16.7. The Bertz CT molecular complexity index is 529. The maximum Gasteiger partial charge on any atom is 0.121 e. The van der Waals surface area contributed by atoms with Crippen LogP contribution in [0.2, 0.25) is 0 Å². The van der Waals surface area contributed by atoms with Crippen molar-refractivity contribution >= 4 is 0 Å². The summed E-state index contributed by atoms with van der Waals surface area (Å²) < 4.78 is 0. The van der Waals surface area contributed by atoms with Gasteiger partial charge in [0.05, 0.1) is 12.2 Å². The van der Waals surface area contributed by atoms with E-state index in [2.05, 4.69) is 12.7 Å². The number of benzene rings is 1. The fourth-order valence-corrected chi connectivity index (χ4v) is 2.52. The third-order valence-electron chi connectivity index (χ3n) is 3.64. The Balaban J connectivity index is 2.83. The van der Waals surface area contributed by atoms with Gasteiger partial charge < -0.3 is 15.3 Å². The van der Waals surface area contributed by atoms with Crippen LogP contribution in [0.15, 0.2) is 29.5 Å². The van der Waals surface area contributed by atoms with Crippen LogP contribution in [-0.4, -0.2) is 21.4 Å². The summed E-state index contributed by atoms with van der Waals surface area (Å²) in [6, 6.07) is 3.63. The van der Waals surface area contributed by atoms with E-state index in [4.69, 9.17) is 0 Å². The van der Waals surface area contributed by atoms with Crippen molar-refractivity contribution in [1.82, 2.24) is 0 Å². The van der Waals surface area contributed by atoms with Crippen molar-refractivity contribution in [3.8, 4) is 5.75 Å². The topological polar surface area (TPSA) is 60.7 Å². The van der Waals surface area contributed by atoms with E-state index in [9.17, 15) is 15.3 Å². The highest BCUT2D eigenvalue weighted by atomic mass is 16.3. The highest BCUT2D eigenvalue weighted by molar-refractivity contribution is 5.42. The maximum absolute atomic E-state index is 10.3. The monoisotopic (exact) mass is 304 g/mol. The summed E-state index contributed by atoms with van der Waals surface area (Å²) in [7, 11) is 0. The van der Waals surface area contributed by atoms with Crippen LogP contribution < -0.4 is 0 Å². The van der Waals surface area contributed by atoms with Crippen LogP contribution in [0.4, 0.5) is 0 Å². The molecule has 0 aromatic heterocycles. The largest absolute Gasteiger partial charge is 0.507 e. The number of rotatable bonds is 7. The predicted octanol–water partition coefficient (Wildman–Crippen LogP) is 4.09. The fourth-order valence-electron chi connectivity index (χ4n) is 2.52. The molecular formula is C19H28O3. The van der Waals surface area contributed by atoms with Gasteiger partial charge in [0.2, 0.25) is 0 Å². The van der Waals surface area contributed by atoms with Gasteiger partial charge in [-0.1, -0.05) is 13.3 Å². The molecular weight excluding hydrogens is 276 g/mol. The van der Waals surface area contributed by atoms with Crippen LogP contribution >= 0.6 is 0 Å². The molecule has 1 rings (SSSR count). The molecule has 0 aliphatic heterocycles. The van der Waals surface area contributed by atoms with Crippen molar-refractivity contribution in [2.45, 2.75) is 65.6 Å². The van der Waals surface area contributed by atoms with Gasteiger partial charge in [-0.2, -0.15) is 0 Å². The second-order valence-corrected chi connectivity index (χ2v) is 6.01. The van der Waals surface area contributed by atoms with Crippen molar-refractivity contribution in [3.05, 3.63) is 46.2 Å². The van der Waals surface area contributed by atoms with Gasteiger partial charge in [-0.15, -0.1) is 5.73 Å². The average Bonchev–Trinajstić information content (AvgIpc) is 2.43. The lowest BCUT2D eigenvalue weighted by Gasteiger charge is -2.12. The third kappa shape index (κ3) is 5.69. The minimum atomic E-state index is -0.611. The number of hydrogen-bond acceptors (Lipinski definition) is 3. The highest BCUT2D eigenvalue weighted by Gasteiger charge is 2.10. The third-order valence-corrected chi connectivity index (χ3v) is 3.64. The molecule has 1 aromatic carbocycles. The van der Waals surface area contributed by atoms with Crippen molar-refractivity contribution in [2.75, 3.05) is 0 Å². The number of aliphatic hydroxyl groups is 2. The summed E-state index contributed by atoms with van der Waals surface area (Å²) in [5.74, 6) is 0.286. The first-order valence-electron chi connectivity index (χ1n) is 7.94. The molecule has 0 amide bonds. The van der Waals surface area contributed by atoms with Gasteiger partial charge in [-0.25, -0.2) is 0 Å². The van der Waals surface area contributed by atoms with Crippen LogP contribution in [0.1, 0.15) is 62.3 Å². The Kier molecular flexibility index (Phi) is 7.40. The summed E-state index contributed by atoms with van der Waals surface area (Å²) in [6.07, 6.45) is 3.88. The van der Waals surface area contributed by atoms with Crippen LogP contribution in [0, 0.1) is 13.8 Å². The Labute approximate surface area is 133 Å². The first kappa shape index (κ1) is 18.5. The van der Waals surface area contributed by atoms with Crippen molar-refractivity contribution in [1.29, 1.82) is 0 Å². The minimum Gasteiger partial charge on any atom is -0.507 e. The summed E-state index contributed by atoms with van der Waals surface area (Å²) in [4.78, 5) is 0. The Morgan fingerprint density at radius 3 is 2.32 bits per heavy atom. The Hall–Kier alpha value is -1.54.